The molecule has 7 nitrogen and oxygen atoms in total. The number of carbonyl (C=O) groups excluding carboxylic acids is 1. The molecule has 1 N–H and O–H groups in total. The Hall–Kier alpha value is -2.84. The fourth-order valence-corrected chi connectivity index (χ4v) is 5.51. The summed E-state index contributed by atoms with van der Waals surface area (Å²) in [5, 5.41) is 12.6. The van der Waals surface area contributed by atoms with Gasteiger partial charge in [0.25, 0.3) is 5.91 Å². The summed E-state index contributed by atoms with van der Waals surface area (Å²) in [6.07, 6.45) is 4.52. The highest BCUT2D eigenvalue weighted by molar-refractivity contribution is 7.99. The summed E-state index contributed by atoms with van der Waals surface area (Å²) in [5.41, 5.74) is 4.79. The van der Waals surface area contributed by atoms with Gasteiger partial charge in [0.1, 0.15) is 0 Å². The minimum absolute atomic E-state index is 0.0685. The SMILES string of the molecule is C=CCn1nc(C(=O)N2CCSCC2)c2c1CCC(NCc1cc(-c3ccccc3)on1)C2. The van der Waals surface area contributed by atoms with E-state index in [0.29, 0.717) is 18.8 Å². The largest absolute Gasteiger partial charge is 0.356 e. The second-order valence-corrected chi connectivity index (χ2v) is 9.74. The van der Waals surface area contributed by atoms with E-state index in [1.54, 1.807) is 0 Å². The van der Waals surface area contributed by atoms with Crippen molar-refractivity contribution in [3.63, 3.8) is 0 Å². The second-order valence-electron chi connectivity index (χ2n) is 8.52. The number of nitrogens with one attached hydrogen (secondary N) is 1. The monoisotopic (exact) mass is 463 g/mol. The van der Waals surface area contributed by atoms with Crippen LogP contribution in [0.25, 0.3) is 11.3 Å². The van der Waals surface area contributed by atoms with E-state index < -0.39 is 0 Å². The summed E-state index contributed by atoms with van der Waals surface area (Å²) in [7, 11) is 0. The number of fused-ring (bicyclic) bond motifs is 1. The molecule has 1 fully saturated rings. The Morgan fingerprint density at radius 2 is 2.09 bits per heavy atom. The topological polar surface area (TPSA) is 76.2 Å². The van der Waals surface area contributed by atoms with Gasteiger partial charge in [-0.15, -0.1) is 6.58 Å². The summed E-state index contributed by atoms with van der Waals surface area (Å²) in [6, 6.07) is 12.2. The van der Waals surface area contributed by atoms with Crippen molar-refractivity contribution in [3.8, 4) is 11.3 Å². The van der Waals surface area contributed by atoms with Gasteiger partial charge in [0.15, 0.2) is 11.5 Å². The van der Waals surface area contributed by atoms with Crippen LogP contribution in [0.5, 0.6) is 0 Å². The minimum atomic E-state index is 0.0685. The van der Waals surface area contributed by atoms with Crippen molar-refractivity contribution in [2.24, 2.45) is 0 Å². The molecule has 2 aliphatic rings. The number of thioether (sulfide) groups is 1. The fraction of sp³-hybridized carbons (Fsp3) is 0.400. The van der Waals surface area contributed by atoms with E-state index >= 15 is 0 Å². The molecule has 1 unspecified atom stereocenters. The van der Waals surface area contributed by atoms with Gasteiger partial charge in [-0.25, -0.2) is 0 Å². The number of aromatic nitrogens is 3. The zero-order valence-electron chi connectivity index (χ0n) is 18.7. The van der Waals surface area contributed by atoms with Crippen LogP contribution in [0.15, 0.2) is 53.6 Å². The zero-order valence-corrected chi connectivity index (χ0v) is 19.5. The van der Waals surface area contributed by atoms with E-state index in [2.05, 4.69) is 17.1 Å². The molecule has 1 atom stereocenters. The maximum absolute atomic E-state index is 13.3. The Bertz CT molecular complexity index is 1120. The van der Waals surface area contributed by atoms with Crippen LogP contribution < -0.4 is 5.32 Å². The standard InChI is InChI=1S/C25H29N5O2S/c1-2-10-30-22-9-8-19(15-21(22)24(27-30)25(31)29-11-13-33-14-12-29)26-17-20-16-23(32-28-20)18-6-4-3-5-7-18/h2-7,16,19,26H,1,8-15,17H2. The average molecular weight is 464 g/mol. The first-order valence-electron chi connectivity index (χ1n) is 11.5. The van der Waals surface area contributed by atoms with Crippen LogP contribution in [-0.4, -0.2) is 56.4 Å². The summed E-state index contributed by atoms with van der Waals surface area (Å²) >= 11 is 1.90. The van der Waals surface area contributed by atoms with Crippen molar-refractivity contribution in [1.29, 1.82) is 0 Å². The number of carbonyl (C=O) groups is 1. The first-order valence-corrected chi connectivity index (χ1v) is 12.7. The molecule has 0 radical (unpaired) electrons. The van der Waals surface area contributed by atoms with Gasteiger partial charge < -0.3 is 14.7 Å². The van der Waals surface area contributed by atoms with Crippen molar-refractivity contribution in [3.05, 3.63) is 71.7 Å². The van der Waals surface area contributed by atoms with E-state index in [0.717, 1.165) is 66.4 Å². The number of nitrogens with zero attached hydrogens (tertiary/aromatic N) is 4. The first-order chi connectivity index (χ1) is 16.2. The van der Waals surface area contributed by atoms with Gasteiger partial charge in [-0.05, 0) is 19.3 Å². The number of benzene rings is 1. The van der Waals surface area contributed by atoms with E-state index in [1.165, 1.54) is 5.69 Å². The fourth-order valence-electron chi connectivity index (χ4n) is 4.61. The highest BCUT2D eigenvalue weighted by atomic mass is 32.2. The van der Waals surface area contributed by atoms with Crippen LogP contribution in [0.1, 0.15) is 33.9 Å². The average Bonchev–Trinajstić information content (AvgIpc) is 3.49. The lowest BCUT2D eigenvalue weighted by molar-refractivity contribution is 0.0764. The molecule has 1 amide bonds. The molecule has 33 heavy (non-hydrogen) atoms. The summed E-state index contributed by atoms with van der Waals surface area (Å²) < 4.78 is 7.50. The molecule has 5 rings (SSSR count). The molecular weight excluding hydrogens is 434 g/mol. The van der Waals surface area contributed by atoms with Gasteiger partial charge in [0, 0.05) is 60.1 Å². The maximum Gasteiger partial charge on any atom is 0.274 e. The third-order valence-corrected chi connectivity index (χ3v) is 7.28. The van der Waals surface area contributed by atoms with Gasteiger partial charge in [-0.2, -0.15) is 16.9 Å². The highest BCUT2D eigenvalue weighted by Gasteiger charge is 2.31. The number of amides is 1. The summed E-state index contributed by atoms with van der Waals surface area (Å²) in [6.45, 7) is 6.71. The quantitative estimate of drug-likeness (QED) is 0.540. The van der Waals surface area contributed by atoms with Crippen LogP contribution >= 0.6 is 11.8 Å². The third kappa shape index (κ3) is 4.77. The molecule has 0 saturated carbocycles. The Morgan fingerprint density at radius 3 is 2.88 bits per heavy atom. The molecule has 0 bridgehead atoms. The molecule has 8 heteroatoms. The van der Waals surface area contributed by atoms with Crippen LogP contribution in [0.2, 0.25) is 0 Å². The van der Waals surface area contributed by atoms with Crippen molar-refractivity contribution in [2.75, 3.05) is 24.6 Å². The molecule has 3 aromatic rings. The predicted octanol–water partition coefficient (Wildman–Crippen LogP) is 3.56. The van der Waals surface area contributed by atoms with Crippen molar-refractivity contribution in [1.82, 2.24) is 25.2 Å². The molecule has 3 heterocycles. The summed E-state index contributed by atoms with van der Waals surface area (Å²) in [4.78, 5) is 15.2. The van der Waals surface area contributed by atoms with Crippen molar-refractivity contribution < 1.29 is 9.32 Å². The van der Waals surface area contributed by atoms with Crippen LogP contribution in [0, 0.1) is 0 Å². The molecule has 172 valence electrons. The predicted molar refractivity (Wildman–Crippen MR) is 130 cm³/mol. The van der Waals surface area contributed by atoms with Gasteiger partial charge in [0.2, 0.25) is 0 Å². The van der Waals surface area contributed by atoms with E-state index in [1.807, 2.05) is 63.8 Å². The number of hydrogen-bond acceptors (Lipinski definition) is 6. The molecule has 1 aliphatic heterocycles. The zero-order chi connectivity index (χ0) is 22.6. The van der Waals surface area contributed by atoms with Crippen molar-refractivity contribution >= 4 is 17.7 Å². The van der Waals surface area contributed by atoms with E-state index in [4.69, 9.17) is 9.62 Å². The Labute approximate surface area is 198 Å². The molecule has 2 aromatic heterocycles. The lowest BCUT2D eigenvalue weighted by Crippen LogP contribution is -2.39. The molecule has 1 saturated heterocycles. The van der Waals surface area contributed by atoms with Gasteiger partial charge in [-0.1, -0.05) is 41.6 Å². The van der Waals surface area contributed by atoms with Gasteiger partial charge >= 0.3 is 0 Å². The Balaban J connectivity index is 1.29. The maximum atomic E-state index is 13.3. The van der Waals surface area contributed by atoms with Crippen LogP contribution in [-0.2, 0) is 25.9 Å². The first kappa shape index (κ1) is 22.0. The summed E-state index contributed by atoms with van der Waals surface area (Å²) in [5.74, 6) is 2.83. The smallest absolute Gasteiger partial charge is 0.274 e. The number of hydrogen-bond donors (Lipinski definition) is 1. The van der Waals surface area contributed by atoms with E-state index in [9.17, 15) is 4.79 Å². The van der Waals surface area contributed by atoms with E-state index in [-0.39, 0.29) is 11.9 Å². The normalized spacial score (nSPS) is 18.2. The number of rotatable bonds is 7. The lowest BCUT2D eigenvalue weighted by Gasteiger charge is -2.27. The molecule has 1 aromatic carbocycles. The second kappa shape index (κ2) is 9.97. The third-order valence-electron chi connectivity index (χ3n) is 6.34. The molecule has 0 spiro atoms. The highest BCUT2D eigenvalue weighted by Crippen LogP contribution is 2.27. The van der Waals surface area contributed by atoms with Crippen molar-refractivity contribution in [2.45, 2.75) is 38.4 Å². The Morgan fingerprint density at radius 1 is 1.27 bits per heavy atom. The van der Waals surface area contributed by atoms with Crippen LogP contribution in [0.3, 0.4) is 0 Å². The number of allylic oxidation sites excluding steroid dienone is 1. The van der Waals surface area contributed by atoms with Gasteiger partial charge in [-0.3, -0.25) is 9.48 Å². The van der Waals surface area contributed by atoms with Gasteiger partial charge in [0.05, 0.1) is 12.2 Å². The van der Waals surface area contributed by atoms with Crippen LogP contribution in [0.4, 0.5) is 0 Å². The lowest BCUT2D eigenvalue weighted by atomic mass is 9.91. The molecule has 1 aliphatic carbocycles. The minimum Gasteiger partial charge on any atom is -0.356 e. The Kier molecular flexibility index (Phi) is 6.64. The molecular formula is C25H29N5O2S.